The topological polar surface area (TPSA) is 111 Å². The number of piperazine rings is 1. The van der Waals surface area contributed by atoms with Crippen LogP contribution in [-0.4, -0.2) is 96.2 Å². The van der Waals surface area contributed by atoms with Crippen LogP contribution in [0.15, 0.2) is 36.4 Å². The third kappa shape index (κ3) is 5.53. The van der Waals surface area contributed by atoms with E-state index in [0.29, 0.717) is 44.8 Å². The molecule has 230 valence electrons. The van der Waals surface area contributed by atoms with Crippen LogP contribution in [0.4, 0.5) is 11.5 Å². The van der Waals surface area contributed by atoms with Crippen molar-refractivity contribution < 1.29 is 9.53 Å². The number of likely N-dealkylation sites (tertiary alicyclic amines) is 1. The van der Waals surface area contributed by atoms with Crippen LogP contribution in [0.5, 0.6) is 6.01 Å². The number of ether oxygens (including phenoxy) is 1. The molecule has 0 saturated carbocycles. The summed E-state index contributed by atoms with van der Waals surface area (Å²) >= 11 is 6.72. The SMILES string of the molecule is C[C@H]1N[C@@H]1C(=O)N1CCN(c2nc(OC[C@@H]3CCCN3C)nc3c2CCN(c2cccc4cccc(Cl)c24)C3)C[C@@H]1CC#N. The van der Waals surface area contributed by atoms with Gasteiger partial charge in [-0.05, 0) is 57.3 Å². The molecular formula is C33H39ClN8O2. The number of likely N-dealkylation sites (N-methyl/N-ethyl adjacent to an activating group) is 1. The Hall–Kier alpha value is -3.65. The lowest BCUT2D eigenvalue weighted by Gasteiger charge is -2.42. The van der Waals surface area contributed by atoms with E-state index in [9.17, 15) is 10.1 Å². The molecule has 4 aliphatic rings. The van der Waals surface area contributed by atoms with Gasteiger partial charge in [-0.15, -0.1) is 0 Å². The van der Waals surface area contributed by atoms with E-state index in [1.165, 1.54) is 6.42 Å². The maximum atomic E-state index is 13.2. The number of aromatic nitrogens is 2. The molecule has 3 fully saturated rings. The van der Waals surface area contributed by atoms with Crippen LogP contribution in [0.2, 0.25) is 5.02 Å². The van der Waals surface area contributed by atoms with Crippen molar-refractivity contribution in [1.29, 1.82) is 5.26 Å². The van der Waals surface area contributed by atoms with Crippen LogP contribution in [0.25, 0.3) is 10.8 Å². The summed E-state index contributed by atoms with van der Waals surface area (Å²) in [5.74, 6) is 0.963. The van der Waals surface area contributed by atoms with Gasteiger partial charge in [0.25, 0.3) is 0 Å². The number of halogens is 1. The summed E-state index contributed by atoms with van der Waals surface area (Å²) in [6.45, 7) is 6.80. The molecule has 44 heavy (non-hydrogen) atoms. The number of carbonyl (C=O) groups excluding carboxylic acids is 1. The van der Waals surface area contributed by atoms with E-state index in [-0.39, 0.29) is 30.5 Å². The number of nitriles is 1. The minimum absolute atomic E-state index is 0.0937. The van der Waals surface area contributed by atoms with E-state index in [1.54, 1.807) is 0 Å². The lowest BCUT2D eigenvalue weighted by atomic mass is 10.0. The van der Waals surface area contributed by atoms with E-state index < -0.39 is 0 Å². The van der Waals surface area contributed by atoms with Gasteiger partial charge in [0.2, 0.25) is 5.91 Å². The number of hydrogen-bond donors (Lipinski definition) is 1. The zero-order chi connectivity index (χ0) is 30.4. The van der Waals surface area contributed by atoms with Crippen LogP contribution in [0.1, 0.15) is 37.4 Å². The van der Waals surface area contributed by atoms with E-state index in [4.69, 9.17) is 26.3 Å². The molecule has 10 nitrogen and oxygen atoms in total. The molecule has 0 aliphatic carbocycles. The molecule has 1 N–H and O–H groups in total. The van der Waals surface area contributed by atoms with Crippen LogP contribution in [0, 0.1) is 11.3 Å². The summed E-state index contributed by atoms with van der Waals surface area (Å²) in [6.07, 6.45) is 3.32. The van der Waals surface area contributed by atoms with Gasteiger partial charge in [0.05, 0.1) is 35.8 Å². The fraction of sp³-hybridized carbons (Fsp3) is 0.515. The van der Waals surface area contributed by atoms with Crippen LogP contribution in [0.3, 0.4) is 0 Å². The first-order valence-electron chi connectivity index (χ1n) is 15.7. The number of carbonyl (C=O) groups is 1. The smallest absolute Gasteiger partial charge is 0.318 e. The van der Waals surface area contributed by atoms with Gasteiger partial charge in [-0.2, -0.15) is 15.2 Å². The fourth-order valence-corrected chi connectivity index (χ4v) is 7.41. The van der Waals surface area contributed by atoms with Gasteiger partial charge >= 0.3 is 6.01 Å². The molecule has 2 aromatic carbocycles. The van der Waals surface area contributed by atoms with Crippen molar-refractivity contribution in [2.24, 2.45) is 0 Å². The number of anilines is 2. The number of hydrogen-bond acceptors (Lipinski definition) is 9. The van der Waals surface area contributed by atoms with Crippen molar-refractivity contribution in [3.63, 3.8) is 0 Å². The predicted octanol–water partition coefficient (Wildman–Crippen LogP) is 3.61. The molecule has 0 bridgehead atoms. The molecule has 7 rings (SSSR count). The number of nitrogens with one attached hydrogen (secondary N) is 1. The van der Waals surface area contributed by atoms with Gasteiger partial charge in [-0.1, -0.05) is 35.9 Å². The quantitative estimate of drug-likeness (QED) is 0.399. The maximum Gasteiger partial charge on any atom is 0.318 e. The third-order valence-electron chi connectivity index (χ3n) is 9.76. The van der Waals surface area contributed by atoms with E-state index in [2.05, 4.69) is 57.4 Å². The van der Waals surface area contributed by atoms with Crippen molar-refractivity contribution in [1.82, 2.24) is 25.1 Å². The molecule has 1 amide bonds. The van der Waals surface area contributed by atoms with Gasteiger partial charge < -0.3 is 24.3 Å². The Bertz CT molecular complexity index is 1610. The second-order valence-electron chi connectivity index (χ2n) is 12.6. The second kappa shape index (κ2) is 12.0. The lowest BCUT2D eigenvalue weighted by molar-refractivity contribution is -0.133. The summed E-state index contributed by atoms with van der Waals surface area (Å²) in [5.41, 5.74) is 3.16. The zero-order valence-electron chi connectivity index (χ0n) is 25.4. The van der Waals surface area contributed by atoms with Crippen LogP contribution >= 0.6 is 11.6 Å². The Morgan fingerprint density at radius 1 is 1.11 bits per heavy atom. The van der Waals surface area contributed by atoms with Crippen molar-refractivity contribution in [2.75, 3.05) is 56.2 Å². The van der Waals surface area contributed by atoms with Gasteiger partial charge in [-0.3, -0.25) is 10.1 Å². The Labute approximate surface area is 263 Å². The van der Waals surface area contributed by atoms with Crippen LogP contribution in [-0.2, 0) is 17.8 Å². The molecule has 1 aromatic heterocycles. The highest BCUT2D eigenvalue weighted by Gasteiger charge is 2.44. The third-order valence-corrected chi connectivity index (χ3v) is 10.1. The Morgan fingerprint density at radius 3 is 2.68 bits per heavy atom. The number of fused-ring (bicyclic) bond motifs is 2. The first-order valence-corrected chi connectivity index (χ1v) is 16.1. The standard InChI is InChI=1S/C33H39ClN8O2/c1-21-30(36-21)32(43)42-17-16-41(18-23(42)11-13-35)31-25-12-15-40(28-10-4-7-22-6-3-9-26(34)29(22)28)19-27(25)37-33(38-31)44-20-24-8-5-14-39(24)2/h3-4,6-7,9-10,21,23-24,30,36H,5,8,11-12,14-20H2,1-2H3/t21-,23+,24+,30+/m1/s1. The Morgan fingerprint density at radius 2 is 1.93 bits per heavy atom. The largest absolute Gasteiger partial charge is 0.462 e. The summed E-state index contributed by atoms with van der Waals surface area (Å²) in [6, 6.07) is 15.2. The molecule has 4 aliphatic heterocycles. The minimum atomic E-state index is -0.198. The monoisotopic (exact) mass is 614 g/mol. The first-order chi connectivity index (χ1) is 21.4. The number of rotatable bonds is 7. The number of benzene rings is 2. The summed E-state index contributed by atoms with van der Waals surface area (Å²) in [4.78, 5) is 32.0. The molecule has 3 aromatic rings. The normalized spacial score (nSPS) is 25.2. The van der Waals surface area contributed by atoms with Crippen molar-refractivity contribution in [2.45, 2.75) is 63.3 Å². The van der Waals surface area contributed by atoms with Gasteiger partial charge in [0.1, 0.15) is 18.5 Å². The molecule has 4 atom stereocenters. The summed E-state index contributed by atoms with van der Waals surface area (Å²) in [7, 11) is 2.14. The lowest BCUT2D eigenvalue weighted by Crippen LogP contribution is -2.57. The van der Waals surface area contributed by atoms with Crippen molar-refractivity contribution in [3.05, 3.63) is 52.7 Å². The van der Waals surface area contributed by atoms with E-state index >= 15 is 0 Å². The van der Waals surface area contributed by atoms with Crippen molar-refractivity contribution >= 4 is 39.8 Å². The van der Waals surface area contributed by atoms with Gasteiger partial charge in [0.15, 0.2) is 0 Å². The predicted molar refractivity (Wildman–Crippen MR) is 171 cm³/mol. The summed E-state index contributed by atoms with van der Waals surface area (Å²) < 4.78 is 6.32. The first kappa shape index (κ1) is 29.1. The molecular weight excluding hydrogens is 576 g/mol. The fourth-order valence-electron chi connectivity index (χ4n) is 7.13. The zero-order valence-corrected chi connectivity index (χ0v) is 26.1. The average Bonchev–Trinajstić information content (AvgIpc) is 3.63. The number of amides is 1. The van der Waals surface area contributed by atoms with Crippen molar-refractivity contribution in [3.8, 4) is 12.1 Å². The van der Waals surface area contributed by atoms with Gasteiger partial charge in [0, 0.05) is 54.9 Å². The summed E-state index contributed by atoms with van der Waals surface area (Å²) in [5, 5.41) is 15.8. The molecule has 11 heteroatoms. The minimum Gasteiger partial charge on any atom is -0.462 e. The maximum absolute atomic E-state index is 13.2. The van der Waals surface area contributed by atoms with E-state index in [0.717, 1.165) is 64.5 Å². The average molecular weight is 615 g/mol. The number of nitrogens with zero attached hydrogens (tertiary/aromatic N) is 7. The molecule has 0 radical (unpaired) electrons. The molecule has 3 saturated heterocycles. The van der Waals surface area contributed by atoms with E-state index in [1.807, 2.05) is 24.0 Å². The van der Waals surface area contributed by atoms with Crippen LogP contribution < -0.4 is 19.9 Å². The molecule has 5 heterocycles. The Kier molecular flexibility index (Phi) is 7.95. The Balaban J connectivity index is 1.20. The van der Waals surface area contributed by atoms with Gasteiger partial charge in [-0.25, -0.2) is 0 Å². The highest BCUT2D eigenvalue weighted by molar-refractivity contribution is 6.36. The molecule has 0 unspecified atom stereocenters. The highest BCUT2D eigenvalue weighted by Crippen LogP contribution is 2.37. The second-order valence-corrected chi connectivity index (χ2v) is 13.0. The highest BCUT2D eigenvalue weighted by atomic mass is 35.5. The molecule has 0 spiro atoms.